The maximum Gasteiger partial charge on any atom is 0.320 e. The van der Waals surface area contributed by atoms with E-state index >= 15 is 0 Å². The summed E-state index contributed by atoms with van der Waals surface area (Å²) in [7, 11) is -0.151. The molecule has 0 saturated carbocycles. The summed E-state index contributed by atoms with van der Waals surface area (Å²) in [6, 6.07) is 24.9. The summed E-state index contributed by atoms with van der Waals surface area (Å²) in [4.78, 5) is 15.8. The second-order valence-electron chi connectivity index (χ2n) is 8.84. The van der Waals surface area contributed by atoms with E-state index in [4.69, 9.17) is 9.05 Å². The molecule has 0 aliphatic rings. The number of phosphoric ester groups is 1. The second kappa shape index (κ2) is 9.94. The predicted molar refractivity (Wildman–Crippen MR) is 129 cm³/mol. The lowest BCUT2D eigenvalue weighted by Crippen LogP contribution is -2.40. The van der Waals surface area contributed by atoms with Crippen LogP contribution in [0.2, 0.25) is 0 Å². The zero-order valence-corrected chi connectivity index (χ0v) is 19.8. The molecule has 0 aliphatic heterocycles. The molecule has 0 amide bonds. The highest BCUT2D eigenvalue weighted by Gasteiger charge is 2.20. The molecule has 0 spiro atoms. The Morgan fingerprint density at radius 2 is 1.58 bits per heavy atom. The third kappa shape index (κ3) is 6.34. The molecular formula is C26H29N2O4P. The molecule has 1 heterocycles. The van der Waals surface area contributed by atoms with Crippen LogP contribution in [-0.4, -0.2) is 30.1 Å². The maximum absolute atomic E-state index is 12.5. The van der Waals surface area contributed by atoms with Crippen molar-refractivity contribution in [3.8, 4) is 5.75 Å². The average molecular weight is 465 g/mol. The Morgan fingerprint density at radius 3 is 2.27 bits per heavy atom. The van der Waals surface area contributed by atoms with Crippen LogP contribution in [0.1, 0.15) is 16.7 Å². The van der Waals surface area contributed by atoms with Crippen molar-refractivity contribution in [2.75, 3.05) is 20.6 Å². The Morgan fingerprint density at radius 1 is 0.909 bits per heavy atom. The van der Waals surface area contributed by atoms with Gasteiger partial charge in [0, 0.05) is 29.1 Å². The minimum Gasteiger partial charge on any atom is -0.746 e. The Hall–Kier alpha value is -2.89. The molecule has 0 radical (unpaired) electrons. The van der Waals surface area contributed by atoms with Crippen LogP contribution in [0.5, 0.6) is 5.75 Å². The number of benzene rings is 3. The molecule has 0 aliphatic carbocycles. The third-order valence-electron chi connectivity index (χ3n) is 5.63. The number of hydrogen-bond acceptors (Lipinski definition) is 4. The van der Waals surface area contributed by atoms with Crippen LogP contribution in [0.3, 0.4) is 0 Å². The van der Waals surface area contributed by atoms with E-state index in [1.165, 1.54) is 5.56 Å². The fourth-order valence-corrected chi connectivity index (χ4v) is 4.70. The number of quaternary nitrogens is 1. The molecule has 7 heteroatoms. The van der Waals surface area contributed by atoms with Crippen molar-refractivity contribution in [3.05, 3.63) is 102 Å². The predicted octanol–water partition coefficient (Wildman–Crippen LogP) is 5.05. The standard InChI is InChI=1S/C26H29N2O4P/c1-28(2,19-21-10-5-3-6-11-21)17-16-23-18-27-24-14-9-15-25(26(23)24)32-33(29,30)31-20-22-12-7-4-8-13-22/h3-15,18,27H,16-17,19-20H2,1-2H3. The average Bonchev–Trinajstić information content (AvgIpc) is 3.22. The number of likely N-dealkylation sites (N-methyl/N-ethyl adjacent to an activating group) is 1. The van der Waals surface area contributed by atoms with Gasteiger partial charge in [-0.2, -0.15) is 0 Å². The monoisotopic (exact) mass is 464 g/mol. The largest absolute Gasteiger partial charge is 0.746 e. The van der Waals surface area contributed by atoms with Crippen molar-refractivity contribution in [1.82, 2.24) is 4.98 Å². The number of rotatable bonds is 10. The van der Waals surface area contributed by atoms with E-state index in [2.05, 4.69) is 43.3 Å². The molecule has 1 N–H and O–H groups in total. The van der Waals surface area contributed by atoms with Crippen molar-refractivity contribution >= 4 is 18.7 Å². The van der Waals surface area contributed by atoms with Gasteiger partial charge in [0.05, 0.1) is 27.2 Å². The Kier molecular flexibility index (Phi) is 7.01. The number of fused-ring (bicyclic) bond motifs is 1. The minimum absolute atomic E-state index is 0.0667. The first-order valence-corrected chi connectivity index (χ1v) is 12.4. The Bertz CT molecular complexity index is 1240. The number of aromatic amines is 1. The quantitative estimate of drug-likeness (QED) is 0.263. The summed E-state index contributed by atoms with van der Waals surface area (Å²) >= 11 is 0. The normalized spacial score (nSPS) is 13.7. The highest BCUT2D eigenvalue weighted by atomic mass is 31.2. The van der Waals surface area contributed by atoms with E-state index < -0.39 is 7.82 Å². The molecule has 4 rings (SSSR count). The molecule has 0 saturated heterocycles. The SMILES string of the molecule is C[N+](C)(CCc1c[nH]c2cccc(OP(=O)([O-])OCc3ccccc3)c12)Cc1ccccc1. The molecule has 33 heavy (non-hydrogen) atoms. The molecule has 4 aromatic rings. The van der Waals surface area contributed by atoms with Crippen LogP contribution < -0.4 is 9.42 Å². The molecule has 1 atom stereocenters. The van der Waals surface area contributed by atoms with Crippen LogP contribution in [0.15, 0.2) is 85.1 Å². The number of H-pyrrole nitrogens is 1. The van der Waals surface area contributed by atoms with Gasteiger partial charge in [0.15, 0.2) is 0 Å². The van der Waals surface area contributed by atoms with E-state index in [1.807, 2.05) is 36.5 Å². The van der Waals surface area contributed by atoms with Crippen LogP contribution in [0, 0.1) is 0 Å². The summed E-state index contributed by atoms with van der Waals surface area (Å²) in [5.74, 6) is 0.281. The Balaban J connectivity index is 1.47. The van der Waals surface area contributed by atoms with Gasteiger partial charge in [0.25, 0.3) is 0 Å². The van der Waals surface area contributed by atoms with Gasteiger partial charge in [-0.1, -0.05) is 66.7 Å². The topological polar surface area (TPSA) is 74.4 Å². The van der Waals surface area contributed by atoms with Crippen LogP contribution in [-0.2, 0) is 28.7 Å². The molecule has 1 aromatic heterocycles. The number of aromatic nitrogens is 1. The third-order valence-corrected chi connectivity index (χ3v) is 6.50. The van der Waals surface area contributed by atoms with Crippen molar-refractivity contribution in [2.24, 2.45) is 0 Å². The van der Waals surface area contributed by atoms with E-state index in [-0.39, 0.29) is 12.4 Å². The number of phosphoric acid groups is 1. The van der Waals surface area contributed by atoms with Gasteiger partial charge in [0.2, 0.25) is 0 Å². The van der Waals surface area contributed by atoms with Gasteiger partial charge in [0.1, 0.15) is 12.3 Å². The van der Waals surface area contributed by atoms with Crippen LogP contribution in [0.4, 0.5) is 0 Å². The Labute approximate surface area is 194 Å². The van der Waals surface area contributed by atoms with Gasteiger partial charge in [-0.15, -0.1) is 0 Å². The lowest BCUT2D eigenvalue weighted by Gasteiger charge is -2.30. The smallest absolute Gasteiger partial charge is 0.320 e. The zero-order chi connectivity index (χ0) is 23.3. The number of nitrogens with one attached hydrogen (secondary N) is 1. The first-order valence-electron chi connectivity index (χ1n) is 11.0. The molecule has 6 nitrogen and oxygen atoms in total. The van der Waals surface area contributed by atoms with Crippen molar-refractivity contribution in [3.63, 3.8) is 0 Å². The van der Waals surface area contributed by atoms with Gasteiger partial charge in [-0.25, -0.2) is 0 Å². The number of nitrogens with zero attached hydrogens (tertiary/aromatic N) is 1. The second-order valence-corrected chi connectivity index (χ2v) is 10.2. The zero-order valence-electron chi connectivity index (χ0n) is 18.9. The van der Waals surface area contributed by atoms with Crippen LogP contribution in [0.25, 0.3) is 10.9 Å². The molecule has 0 fully saturated rings. The fraction of sp³-hybridized carbons (Fsp3) is 0.231. The van der Waals surface area contributed by atoms with E-state index in [1.54, 1.807) is 24.3 Å². The van der Waals surface area contributed by atoms with Crippen LogP contribution >= 0.6 is 7.82 Å². The lowest BCUT2D eigenvalue weighted by atomic mass is 10.1. The highest BCUT2D eigenvalue weighted by molar-refractivity contribution is 7.46. The number of hydrogen-bond donors (Lipinski definition) is 1. The van der Waals surface area contributed by atoms with Gasteiger partial charge >= 0.3 is 7.82 Å². The van der Waals surface area contributed by atoms with Crippen molar-refractivity contribution in [2.45, 2.75) is 19.6 Å². The lowest BCUT2D eigenvalue weighted by molar-refractivity contribution is -0.903. The summed E-state index contributed by atoms with van der Waals surface area (Å²) in [6.45, 7) is 1.73. The first kappa shape index (κ1) is 23.3. The summed E-state index contributed by atoms with van der Waals surface area (Å²) in [5.41, 5.74) is 3.89. The molecule has 172 valence electrons. The van der Waals surface area contributed by atoms with Gasteiger partial charge < -0.3 is 23.4 Å². The fourth-order valence-electron chi connectivity index (χ4n) is 3.95. The van der Waals surface area contributed by atoms with E-state index in [0.29, 0.717) is 0 Å². The molecular weight excluding hydrogens is 435 g/mol. The van der Waals surface area contributed by atoms with E-state index in [9.17, 15) is 9.46 Å². The van der Waals surface area contributed by atoms with Gasteiger partial charge in [-0.3, -0.25) is 4.57 Å². The minimum atomic E-state index is -4.54. The summed E-state index contributed by atoms with van der Waals surface area (Å²) < 4.78 is 23.9. The molecule has 1 unspecified atom stereocenters. The molecule has 0 bridgehead atoms. The molecule has 3 aromatic carbocycles. The summed E-state index contributed by atoms with van der Waals surface area (Å²) in [5, 5.41) is 0.775. The van der Waals surface area contributed by atoms with Gasteiger partial charge in [-0.05, 0) is 23.3 Å². The first-order chi connectivity index (χ1) is 15.8. The maximum atomic E-state index is 12.5. The van der Waals surface area contributed by atoms with Crippen molar-refractivity contribution in [1.29, 1.82) is 0 Å². The van der Waals surface area contributed by atoms with Crippen molar-refractivity contribution < 1.29 is 23.0 Å². The van der Waals surface area contributed by atoms with E-state index in [0.717, 1.165) is 46.0 Å². The summed E-state index contributed by atoms with van der Waals surface area (Å²) in [6.07, 6.45) is 2.70. The highest BCUT2D eigenvalue weighted by Crippen LogP contribution is 2.43.